The van der Waals surface area contributed by atoms with E-state index in [1.807, 2.05) is 13.8 Å². The molecular formula is C8H18O3. The lowest BCUT2D eigenvalue weighted by molar-refractivity contribution is -0.114. The Morgan fingerprint density at radius 2 is 2.00 bits per heavy atom. The summed E-state index contributed by atoms with van der Waals surface area (Å²) in [4.78, 5) is 0. The first kappa shape index (κ1) is 10.9. The van der Waals surface area contributed by atoms with Crippen LogP contribution in [0.1, 0.15) is 20.3 Å². The smallest absolute Gasteiger partial charge is 0.106 e. The van der Waals surface area contributed by atoms with Gasteiger partial charge in [0.05, 0.1) is 12.2 Å². The van der Waals surface area contributed by atoms with Crippen LogP contribution in [0.4, 0.5) is 0 Å². The molecule has 0 saturated heterocycles. The summed E-state index contributed by atoms with van der Waals surface area (Å²) in [7, 11) is 3.16. The summed E-state index contributed by atoms with van der Waals surface area (Å²) in [5.74, 6) is 0. The monoisotopic (exact) mass is 162 g/mol. The average Bonchev–Trinajstić information content (AvgIpc) is 2.03. The number of rotatable bonds is 5. The Kier molecular flexibility index (Phi) is 4.65. The van der Waals surface area contributed by atoms with Crippen LogP contribution in [0.5, 0.6) is 0 Å². The molecule has 0 aliphatic rings. The molecule has 0 fully saturated rings. The van der Waals surface area contributed by atoms with Gasteiger partial charge < -0.3 is 14.6 Å². The fraction of sp³-hybridized carbons (Fsp3) is 1.00. The van der Waals surface area contributed by atoms with Crippen molar-refractivity contribution in [2.24, 2.45) is 0 Å². The van der Waals surface area contributed by atoms with E-state index < -0.39 is 11.7 Å². The maximum atomic E-state index is 9.52. The van der Waals surface area contributed by atoms with E-state index in [0.29, 0.717) is 6.61 Å². The molecule has 11 heavy (non-hydrogen) atoms. The van der Waals surface area contributed by atoms with Gasteiger partial charge in [0.15, 0.2) is 0 Å². The van der Waals surface area contributed by atoms with Gasteiger partial charge in [0.25, 0.3) is 0 Å². The first-order valence-corrected chi connectivity index (χ1v) is 3.83. The van der Waals surface area contributed by atoms with Crippen LogP contribution in [0.2, 0.25) is 0 Å². The zero-order valence-electron chi connectivity index (χ0n) is 7.76. The van der Waals surface area contributed by atoms with E-state index in [0.717, 1.165) is 6.42 Å². The van der Waals surface area contributed by atoms with Crippen LogP contribution < -0.4 is 0 Å². The number of hydrogen-bond acceptors (Lipinski definition) is 3. The molecule has 0 aromatic rings. The molecule has 0 radical (unpaired) electrons. The van der Waals surface area contributed by atoms with E-state index in [2.05, 4.69) is 0 Å². The van der Waals surface area contributed by atoms with Crippen molar-refractivity contribution in [1.29, 1.82) is 0 Å². The summed E-state index contributed by atoms with van der Waals surface area (Å²) >= 11 is 0. The van der Waals surface area contributed by atoms with E-state index >= 15 is 0 Å². The number of aliphatic hydroxyl groups excluding tert-OH is 1. The highest BCUT2D eigenvalue weighted by Gasteiger charge is 2.30. The molecule has 0 aromatic carbocycles. The molecule has 0 aliphatic carbocycles. The van der Waals surface area contributed by atoms with Crippen LogP contribution in [0, 0.1) is 0 Å². The molecule has 3 nitrogen and oxygen atoms in total. The van der Waals surface area contributed by atoms with E-state index in [-0.39, 0.29) is 0 Å². The van der Waals surface area contributed by atoms with Gasteiger partial charge in [-0.05, 0) is 13.3 Å². The van der Waals surface area contributed by atoms with Gasteiger partial charge in [-0.25, -0.2) is 0 Å². The van der Waals surface area contributed by atoms with Crippen molar-refractivity contribution in [3.63, 3.8) is 0 Å². The molecule has 0 bridgehead atoms. The Morgan fingerprint density at radius 1 is 1.45 bits per heavy atom. The Labute approximate surface area is 68.3 Å². The standard InChI is InChI=1S/C8H18O3/c1-5-8(2,11-4)7(9)6-10-3/h7,9H,5-6H2,1-4H3. The molecule has 0 aliphatic heterocycles. The average molecular weight is 162 g/mol. The molecule has 68 valence electrons. The molecule has 2 unspecified atom stereocenters. The van der Waals surface area contributed by atoms with Crippen molar-refractivity contribution >= 4 is 0 Å². The van der Waals surface area contributed by atoms with Crippen molar-refractivity contribution in [3.05, 3.63) is 0 Å². The molecule has 0 heterocycles. The van der Waals surface area contributed by atoms with Gasteiger partial charge in [-0.1, -0.05) is 6.92 Å². The Bertz CT molecular complexity index is 99.5. The van der Waals surface area contributed by atoms with E-state index in [1.165, 1.54) is 0 Å². The minimum absolute atomic E-state index is 0.318. The van der Waals surface area contributed by atoms with Crippen molar-refractivity contribution in [2.45, 2.75) is 32.0 Å². The van der Waals surface area contributed by atoms with E-state index in [4.69, 9.17) is 9.47 Å². The molecule has 0 rings (SSSR count). The van der Waals surface area contributed by atoms with Crippen LogP contribution in [0.3, 0.4) is 0 Å². The highest BCUT2D eigenvalue weighted by atomic mass is 16.5. The maximum Gasteiger partial charge on any atom is 0.106 e. The van der Waals surface area contributed by atoms with E-state index in [9.17, 15) is 5.11 Å². The second kappa shape index (κ2) is 4.70. The summed E-state index contributed by atoms with van der Waals surface area (Å²) < 4.78 is 9.99. The van der Waals surface area contributed by atoms with Gasteiger partial charge in [-0.2, -0.15) is 0 Å². The van der Waals surface area contributed by atoms with Crippen LogP contribution in [-0.4, -0.2) is 37.6 Å². The van der Waals surface area contributed by atoms with Crippen LogP contribution in [-0.2, 0) is 9.47 Å². The molecule has 0 saturated carbocycles. The normalized spacial score (nSPS) is 19.4. The number of methoxy groups -OCH3 is 2. The van der Waals surface area contributed by atoms with Crippen molar-refractivity contribution in [3.8, 4) is 0 Å². The number of aliphatic hydroxyl groups is 1. The van der Waals surface area contributed by atoms with Crippen molar-refractivity contribution in [2.75, 3.05) is 20.8 Å². The topological polar surface area (TPSA) is 38.7 Å². The first-order valence-electron chi connectivity index (χ1n) is 3.83. The van der Waals surface area contributed by atoms with Gasteiger partial charge in [-0.15, -0.1) is 0 Å². The number of ether oxygens (including phenoxy) is 2. The Balaban J connectivity index is 4.00. The lowest BCUT2D eigenvalue weighted by atomic mass is 9.96. The van der Waals surface area contributed by atoms with Crippen LogP contribution >= 0.6 is 0 Å². The predicted octanol–water partition coefficient (Wildman–Crippen LogP) is 0.809. The highest BCUT2D eigenvalue weighted by molar-refractivity contribution is 4.81. The lowest BCUT2D eigenvalue weighted by Crippen LogP contribution is -2.43. The summed E-state index contributed by atoms with van der Waals surface area (Å²) in [6.07, 6.45) is 0.219. The van der Waals surface area contributed by atoms with Crippen LogP contribution in [0.25, 0.3) is 0 Å². The fourth-order valence-electron chi connectivity index (χ4n) is 0.850. The quantitative estimate of drug-likeness (QED) is 0.650. The molecular weight excluding hydrogens is 144 g/mol. The van der Waals surface area contributed by atoms with Crippen molar-refractivity contribution < 1.29 is 14.6 Å². The largest absolute Gasteiger partial charge is 0.388 e. The Morgan fingerprint density at radius 3 is 2.27 bits per heavy atom. The highest BCUT2D eigenvalue weighted by Crippen LogP contribution is 2.18. The third-order valence-electron chi connectivity index (χ3n) is 2.20. The molecule has 0 amide bonds. The van der Waals surface area contributed by atoms with Gasteiger partial charge in [0.1, 0.15) is 6.10 Å². The minimum atomic E-state index is -0.553. The molecule has 0 spiro atoms. The van der Waals surface area contributed by atoms with Gasteiger partial charge in [0.2, 0.25) is 0 Å². The molecule has 3 heteroatoms. The van der Waals surface area contributed by atoms with Crippen molar-refractivity contribution in [1.82, 2.24) is 0 Å². The summed E-state index contributed by atoms with van der Waals surface area (Å²) in [5.41, 5.74) is -0.476. The fourth-order valence-corrected chi connectivity index (χ4v) is 0.850. The second-order valence-electron chi connectivity index (χ2n) is 2.84. The molecule has 0 aromatic heterocycles. The van der Waals surface area contributed by atoms with E-state index in [1.54, 1.807) is 14.2 Å². The molecule has 2 atom stereocenters. The van der Waals surface area contributed by atoms with Crippen LogP contribution in [0.15, 0.2) is 0 Å². The zero-order valence-corrected chi connectivity index (χ0v) is 7.76. The molecule has 1 N–H and O–H groups in total. The van der Waals surface area contributed by atoms with Gasteiger partial charge >= 0.3 is 0 Å². The SMILES string of the molecule is CCC(C)(OC)C(O)COC. The predicted molar refractivity (Wildman–Crippen MR) is 43.6 cm³/mol. The van der Waals surface area contributed by atoms with Gasteiger partial charge in [-0.3, -0.25) is 0 Å². The van der Waals surface area contributed by atoms with Gasteiger partial charge in [0, 0.05) is 14.2 Å². The number of hydrogen-bond donors (Lipinski definition) is 1. The summed E-state index contributed by atoms with van der Waals surface area (Å²) in [6.45, 7) is 4.16. The third-order valence-corrected chi connectivity index (χ3v) is 2.20. The minimum Gasteiger partial charge on any atom is -0.388 e. The maximum absolute atomic E-state index is 9.52. The Hall–Kier alpha value is -0.120. The second-order valence-corrected chi connectivity index (χ2v) is 2.84. The third kappa shape index (κ3) is 2.77. The first-order chi connectivity index (χ1) is 5.10. The zero-order chi connectivity index (χ0) is 8.91. The summed E-state index contributed by atoms with van der Waals surface area (Å²) in [6, 6.07) is 0. The summed E-state index contributed by atoms with van der Waals surface area (Å²) in [5, 5.41) is 9.52. The lowest BCUT2D eigenvalue weighted by Gasteiger charge is -2.31.